The van der Waals surface area contributed by atoms with Crippen molar-refractivity contribution >= 4 is 46.6 Å². The fourth-order valence-electron chi connectivity index (χ4n) is 4.27. The normalized spacial score (nSPS) is 12.3. The van der Waals surface area contributed by atoms with E-state index in [9.17, 15) is 4.79 Å². The van der Waals surface area contributed by atoms with Gasteiger partial charge in [-0.05, 0) is 60.4 Å². The number of para-hydroxylation sites is 1. The highest BCUT2D eigenvalue weighted by atomic mass is 35.5. The fourth-order valence-corrected chi connectivity index (χ4v) is 5.53. The second-order valence-corrected chi connectivity index (χ2v) is 10.6. The van der Waals surface area contributed by atoms with Gasteiger partial charge in [0.05, 0.1) is 18.2 Å². The van der Waals surface area contributed by atoms with Crippen LogP contribution in [0.1, 0.15) is 23.6 Å². The predicted octanol–water partition coefficient (Wildman–Crippen LogP) is 5.99. The molecular formula is C28H27Cl2N5O3S. The lowest BCUT2D eigenvalue weighted by Gasteiger charge is -2.19. The number of benzene rings is 3. The van der Waals surface area contributed by atoms with E-state index in [1.165, 1.54) is 0 Å². The maximum atomic E-state index is 12.9. The molecule has 2 heterocycles. The molecule has 0 spiro atoms. The number of carbonyl (C=O) groups is 1. The molecule has 11 heteroatoms. The van der Waals surface area contributed by atoms with Gasteiger partial charge in [0, 0.05) is 23.0 Å². The van der Waals surface area contributed by atoms with Crippen LogP contribution in [0.25, 0.3) is 0 Å². The molecule has 1 aliphatic heterocycles. The Labute approximate surface area is 241 Å². The number of nitrogens with zero attached hydrogens (tertiary/aromatic N) is 4. The molecule has 202 valence electrons. The van der Waals surface area contributed by atoms with Crippen LogP contribution in [0.3, 0.4) is 0 Å². The maximum Gasteiger partial charge on any atom is 0.264 e. The van der Waals surface area contributed by atoms with E-state index in [4.69, 9.17) is 32.7 Å². The number of hydrogen-bond donors (Lipinski definition) is 1. The van der Waals surface area contributed by atoms with E-state index in [2.05, 4.69) is 15.6 Å². The molecule has 0 saturated heterocycles. The number of carbonyl (C=O) groups excluding carboxylic acids is 1. The first kappa shape index (κ1) is 27.2. The molecule has 1 amide bonds. The van der Waals surface area contributed by atoms with E-state index in [0.717, 1.165) is 39.7 Å². The first-order chi connectivity index (χ1) is 19.0. The van der Waals surface area contributed by atoms with Gasteiger partial charge < -0.3 is 19.8 Å². The lowest BCUT2D eigenvalue weighted by atomic mass is 10.2. The van der Waals surface area contributed by atoms with Crippen LogP contribution < -0.4 is 19.8 Å². The van der Waals surface area contributed by atoms with Gasteiger partial charge in [0.2, 0.25) is 5.16 Å². The maximum absolute atomic E-state index is 12.9. The van der Waals surface area contributed by atoms with Crippen molar-refractivity contribution in [3.8, 4) is 11.5 Å². The Bertz CT molecular complexity index is 1450. The van der Waals surface area contributed by atoms with Crippen LogP contribution in [0, 0.1) is 0 Å². The zero-order valence-corrected chi connectivity index (χ0v) is 23.6. The van der Waals surface area contributed by atoms with Crippen LogP contribution in [-0.2, 0) is 23.5 Å². The quantitative estimate of drug-likeness (QED) is 0.217. The molecule has 0 radical (unpaired) electrons. The summed E-state index contributed by atoms with van der Waals surface area (Å²) < 4.78 is 13.5. The minimum absolute atomic E-state index is 0.125. The molecule has 0 unspecified atom stereocenters. The second kappa shape index (κ2) is 12.6. The van der Waals surface area contributed by atoms with Crippen LogP contribution in [0.4, 0.5) is 5.69 Å². The Morgan fingerprint density at radius 1 is 1.08 bits per heavy atom. The summed E-state index contributed by atoms with van der Waals surface area (Å²) in [6, 6.07) is 19.3. The van der Waals surface area contributed by atoms with E-state index < -0.39 is 0 Å². The molecule has 0 atom stereocenters. The lowest BCUT2D eigenvalue weighted by Crippen LogP contribution is -2.33. The lowest BCUT2D eigenvalue weighted by molar-refractivity contribution is -0.120. The average Bonchev–Trinajstić information content (AvgIpc) is 3.58. The van der Waals surface area contributed by atoms with Crippen molar-refractivity contribution in [3.63, 3.8) is 0 Å². The van der Waals surface area contributed by atoms with Crippen molar-refractivity contribution in [1.82, 2.24) is 14.9 Å². The van der Waals surface area contributed by atoms with Crippen LogP contribution in [0.2, 0.25) is 10.0 Å². The topological polar surface area (TPSA) is 81.5 Å². The Hall–Kier alpha value is -3.40. The van der Waals surface area contributed by atoms with Crippen LogP contribution >= 0.6 is 35.0 Å². The number of ether oxygens (including phenoxy) is 2. The number of thioether (sulfide) groups is 1. The monoisotopic (exact) mass is 583 g/mol. The first-order valence-corrected chi connectivity index (χ1v) is 14.2. The standard InChI is InChI=1S/C28H27Cl2N5O3S/c1-2-37-25-14-20(15-32-35-18-31-33-28(35)39-17-19-7-9-22(29)10-8-19)13-23(30)27(25)38-16-26(36)34-12-11-21-5-3-4-6-24(21)34/h3-10,13-14,18,32H,2,11-12,15-17H2,1H3. The summed E-state index contributed by atoms with van der Waals surface area (Å²) in [4.78, 5) is 14.7. The van der Waals surface area contributed by atoms with Crippen molar-refractivity contribution in [3.05, 3.63) is 93.7 Å². The molecule has 4 aromatic rings. The molecule has 1 aliphatic rings. The molecule has 3 aromatic carbocycles. The molecule has 0 saturated carbocycles. The van der Waals surface area contributed by atoms with Gasteiger partial charge in [-0.3, -0.25) is 4.79 Å². The first-order valence-electron chi connectivity index (χ1n) is 12.5. The Morgan fingerprint density at radius 3 is 2.72 bits per heavy atom. The van der Waals surface area contributed by atoms with Gasteiger partial charge in [0.1, 0.15) is 6.33 Å². The summed E-state index contributed by atoms with van der Waals surface area (Å²) in [5.74, 6) is 1.44. The average molecular weight is 585 g/mol. The van der Waals surface area contributed by atoms with Gasteiger partial charge in [-0.25, -0.2) is 4.68 Å². The van der Waals surface area contributed by atoms with E-state index in [1.54, 1.807) is 33.7 Å². The molecule has 1 N–H and O–H groups in total. The zero-order chi connectivity index (χ0) is 27.2. The van der Waals surface area contributed by atoms with E-state index >= 15 is 0 Å². The third kappa shape index (κ3) is 6.61. The largest absolute Gasteiger partial charge is 0.490 e. The summed E-state index contributed by atoms with van der Waals surface area (Å²) in [5, 5.41) is 10.0. The smallest absolute Gasteiger partial charge is 0.264 e. The van der Waals surface area contributed by atoms with E-state index in [0.29, 0.717) is 41.2 Å². The number of amides is 1. The molecule has 0 aliphatic carbocycles. The number of nitrogens with one attached hydrogen (secondary N) is 1. The van der Waals surface area contributed by atoms with Crippen molar-refractivity contribution in [2.24, 2.45) is 0 Å². The highest BCUT2D eigenvalue weighted by Crippen LogP contribution is 2.37. The van der Waals surface area contributed by atoms with Crippen LogP contribution in [-0.4, -0.2) is 40.5 Å². The summed E-state index contributed by atoms with van der Waals surface area (Å²) in [5.41, 5.74) is 7.41. The van der Waals surface area contributed by atoms with E-state index in [1.807, 2.05) is 61.5 Å². The van der Waals surface area contributed by atoms with Crippen molar-refractivity contribution < 1.29 is 14.3 Å². The molecule has 1 aromatic heterocycles. The number of fused-ring (bicyclic) bond motifs is 1. The molecular weight excluding hydrogens is 557 g/mol. The minimum Gasteiger partial charge on any atom is -0.490 e. The van der Waals surface area contributed by atoms with Gasteiger partial charge >= 0.3 is 0 Å². The number of halogens is 2. The number of anilines is 1. The second-order valence-electron chi connectivity index (χ2n) is 8.78. The minimum atomic E-state index is -0.138. The molecule has 5 rings (SSSR count). The van der Waals surface area contributed by atoms with Gasteiger partial charge in [-0.15, -0.1) is 10.2 Å². The summed E-state index contributed by atoms with van der Waals surface area (Å²) in [6.45, 7) is 3.25. The SMILES string of the molecule is CCOc1cc(CNn2cnnc2SCc2ccc(Cl)cc2)cc(Cl)c1OCC(=O)N1CCc2ccccc21. The van der Waals surface area contributed by atoms with Crippen LogP contribution in [0.5, 0.6) is 11.5 Å². The molecule has 8 nitrogen and oxygen atoms in total. The van der Waals surface area contributed by atoms with Crippen molar-refractivity contribution in [1.29, 1.82) is 0 Å². The Kier molecular flexibility index (Phi) is 8.81. The van der Waals surface area contributed by atoms with Crippen molar-refractivity contribution in [2.45, 2.75) is 30.8 Å². The van der Waals surface area contributed by atoms with Gasteiger partial charge in [-0.1, -0.05) is 65.3 Å². The molecule has 39 heavy (non-hydrogen) atoms. The summed E-state index contributed by atoms with van der Waals surface area (Å²) in [6.07, 6.45) is 2.46. The van der Waals surface area contributed by atoms with Gasteiger partial charge in [0.25, 0.3) is 5.91 Å². The fraction of sp³-hybridized carbons (Fsp3) is 0.250. The number of hydrogen-bond acceptors (Lipinski definition) is 7. The third-order valence-electron chi connectivity index (χ3n) is 6.15. The highest BCUT2D eigenvalue weighted by molar-refractivity contribution is 7.98. The molecule has 0 fully saturated rings. The van der Waals surface area contributed by atoms with Gasteiger partial charge in [0.15, 0.2) is 18.1 Å². The number of rotatable bonds is 11. The van der Waals surface area contributed by atoms with E-state index in [-0.39, 0.29) is 12.5 Å². The zero-order valence-electron chi connectivity index (χ0n) is 21.3. The predicted molar refractivity (Wildman–Crippen MR) is 155 cm³/mol. The van der Waals surface area contributed by atoms with Gasteiger partial charge in [-0.2, -0.15) is 0 Å². The summed E-state index contributed by atoms with van der Waals surface area (Å²) in [7, 11) is 0. The highest BCUT2D eigenvalue weighted by Gasteiger charge is 2.25. The van der Waals surface area contributed by atoms with Crippen LogP contribution in [0.15, 0.2) is 72.1 Å². The Morgan fingerprint density at radius 2 is 1.90 bits per heavy atom. The molecule has 0 bridgehead atoms. The Balaban J connectivity index is 1.22. The summed E-state index contributed by atoms with van der Waals surface area (Å²) >= 11 is 14.1. The number of aromatic nitrogens is 3. The van der Waals surface area contributed by atoms with Crippen molar-refractivity contribution in [2.75, 3.05) is 30.1 Å². The third-order valence-corrected chi connectivity index (χ3v) is 7.70.